The quantitative estimate of drug-likeness (QED) is 0.494. The molecule has 86 valence electrons. The molecule has 0 aromatic heterocycles. The van der Waals surface area contributed by atoms with Crippen LogP contribution in [-0.2, 0) is 4.79 Å². The fraction of sp³-hybridized carbons (Fsp3) is 0.0714. The molecular weight excluding hydrogens is 212 g/mol. The highest BCUT2D eigenvalue weighted by atomic mass is 16.1. The zero-order chi connectivity index (χ0) is 12.1. The maximum absolute atomic E-state index is 11.2. The first kappa shape index (κ1) is 11.4. The molecule has 0 spiro atoms. The summed E-state index contributed by atoms with van der Waals surface area (Å²) in [6.45, 7) is 0. The Morgan fingerprint density at radius 3 is 2.00 bits per heavy atom. The number of para-hydroxylation sites is 1. The Balaban J connectivity index is 2.28. The summed E-state index contributed by atoms with van der Waals surface area (Å²) in [5, 5.41) is 1.47. The van der Waals surface area contributed by atoms with Crippen molar-refractivity contribution in [1.82, 2.24) is 0 Å². The molecule has 0 fully saturated rings. The van der Waals surface area contributed by atoms with Gasteiger partial charge in [0.15, 0.2) is 0 Å². The van der Waals surface area contributed by atoms with Crippen LogP contribution >= 0.6 is 0 Å². The first-order valence-electron chi connectivity index (χ1n) is 5.42. The third-order valence-corrected chi connectivity index (χ3v) is 2.62. The summed E-state index contributed by atoms with van der Waals surface area (Å²) in [5.74, 6) is 5.98. The number of nitrogens with zero attached hydrogens (tertiary/aromatic N) is 1. The molecule has 0 bridgehead atoms. The van der Waals surface area contributed by atoms with Crippen molar-refractivity contribution in [3.8, 4) is 0 Å². The summed E-state index contributed by atoms with van der Waals surface area (Å²) in [6, 6.07) is 18.5. The van der Waals surface area contributed by atoms with Crippen molar-refractivity contribution in [2.75, 3.05) is 5.01 Å². The highest BCUT2D eigenvalue weighted by molar-refractivity contribution is 5.68. The first-order chi connectivity index (χ1) is 8.33. The number of hydrogen-bond donors (Lipinski definition) is 1. The van der Waals surface area contributed by atoms with Crippen LogP contribution in [0.2, 0.25) is 0 Å². The number of hydrazine groups is 1. The van der Waals surface area contributed by atoms with Crippen molar-refractivity contribution in [2.45, 2.75) is 6.04 Å². The molecule has 0 aliphatic carbocycles. The third kappa shape index (κ3) is 2.52. The van der Waals surface area contributed by atoms with E-state index in [1.54, 1.807) is 0 Å². The lowest BCUT2D eigenvalue weighted by Crippen LogP contribution is -2.36. The molecule has 0 amide bonds. The summed E-state index contributed by atoms with van der Waals surface area (Å²) in [6.07, 6.45) is 0.850. The Morgan fingerprint density at radius 1 is 0.941 bits per heavy atom. The standard InChI is InChI=1S/C14H14N2O/c15-16(13-9-5-2-6-10-13)14(11-17)12-7-3-1-4-8-12/h1-11,14H,15H2. The van der Waals surface area contributed by atoms with E-state index in [1.165, 1.54) is 5.01 Å². The van der Waals surface area contributed by atoms with E-state index in [0.29, 0.717) is 0 Å². The van der Waals surface area contributed by atoms with E-state index in [9.17, 15) is 4.79 Å². The van der Waals surface area contributed by atoms with Gasteiger partial charge in [0.05, 0.1) is 5.69 Å². The monoisotopic (exact) mass is 226 g/mol. The minimum atomic E-state index is -0.460. The van der Waals surface area contributed by atoms with Crippen LogP contribution in [0, 0.1) is 0 Å². The van der Waals surface area contributed by atoms with E-state index in [2.05, 4.69) is 0 Å². The lowest BCUT2D eigenvalue weighted by atomic mass is 10.1. The second-order valence-corrected chi connectivity index (χ2v) is 3.73. The molecule has 17 heavy (non-hydrogen) atoms. The molecule has 1 atom stereocenters. The summed E-state index contributed by atoms with van der Waals surface area (Å²) in [4.78, 5) is 11.2. The number of carbonyl (C=O) groups is 1. The van der Waals surface area contributed by atoms with Crippen LogP contribution < -0.4 is 10.9 Å². The Hall–Kier alpha value is -2.13. The number of carbonyl (C=O) groups excluding carboxylic acids is 1. The van der Waals surface area contributed by atoms with Crippen LogP contribution in [-0.4, -0.2) is 6.29 Å². The first-order valence-corrected chi connectivity index (χ1v) is 5.42. The minimum absolute atomic E-state index is 0.460. The maximum atomic E-state index is 11.2. The zero-order valence-electron chi connectivity index (χ0n) is 9.36. The predicted octanol–water partition coefficient (Wildman–Crippen LogP) is 2.31. The molecule has 2 aromatic carbocycles. The van der Waals surface area contributed by atoms with Gasteiger partial charge in [-0.05, 0) is 17.7 Å². The molecule has 0 aliphatic rings. The molecule has 2 aromatic rings. The molecule has 3 heteroatoms. The number of anilines is 1. The highest BCUT2D eigenvalue weighted by Crippen LogP contribution is 2.21. The number of nitrogens with two attached hydrogens (primary N) is 1. The Morgan fingerprint density at radius 2 is 1.47 bits per heavy atom. The van der Waals surface area contributed by atoms with Gasteiger partial charge in [-0.25, -0.2) is 5.84 Å². The fourth-order valence-corrected chi connectivity index (χ4v) is 1.72. The van der Waals surface area contributed by atoms with E-state index < -0.39 is 6.04 Å². The molecule has 0 saturated heterocycles. The Labute approximate surface area is 100 Å². The smallest absolute Gasteiger partial charge is 0.148 e. The van der Waals surface area contributed by atoms with Crippen molar-refractivity contribution < 1.29 is 4.79 Å². The highest BCUT2D eigenvalue weighted by Gasteiger charge is 2.16. The zero-order valence-corrected chi connectivity index (χ0v) is 9.36. The molecule has 0 radical (unpaired) electrons. The largest absolute Gasteiger partial charge is 0.301 e. The van der Waals surface area contributed by atoms with Crippen LogP contribution in [0.5, 0.6) is 0 Å². The van der Waals surface area contributed by atoms with Crippen molar-refractivity contribution in [3.63, 3.8) is 0 Å². The van der Waals surface area contributed by atoms with Gasteiger partial charge in [0.25, 0.3) is 0 Å². The molecule has 0 heterocycles. The van der Waals surface area contributed by atoms with E-state index >= 15 is 0 Å². The van der Waals surface area contributed by atoms with Gasteiger partial charge in [-0.15, -0.1) is 0 Å². The van der Waals surface area contributed by atoms with Crippen molar-refractivity contribution in [3.05, 3.63) is 66.2 Å². The van der Waals surface area contributed by atoms with E-state index in [-0.39, 0.29) is 0 Å². The number of aldehydes is 1. The van der Waals surface area contributed by atoms with Gasteiger partial charge in [0.2, 0.25) is 0 Å². The van der Waals surface area contributed by atoms with Crippen LogP contribution in [0.15, 0.2) is 60.7 Å². The Kier molecular flexibility index (Phi) is 3.52. The molecular formula is C14H14N2O. The van der Waals surface area contributed by atoms with Gasteiger partial charge in [0.1, 0.15) is 12.3 Å². The van der Waals surface area contributed by atoms with E-state index in [0.717, 1.165) is 17.5 Å². The molecule has 2 rings (SSSR count). The van der Waals surface area contributed by atoms with Gasteiger partial charge in [-0.2, -0.15) is 0 Å². The van der Waals surface area contributed by atoms with E-state index in [4.69, 9.17) is 5.84 Å². The van der Waals surface area contributed by atoms with Gasteiger partial charge < -0.3 is 4.79 Å². The van der Waals surface area contributed by atoms with Crippen LogP contribution in [0.3, 0.4) is 0 Å². The molecule has 0 aliphatic heterocycles. The van der Waals surface area contributed by atoms with Crippen molar-refractivity contribution >= 4 is 12.0 Å². The third-order valence-electron chi connectivity index (χ3n) is 2.62. The second kappa shape index (κ2) is 5.27. The second-order valence-electron chi connectivity index (χ2n) is 3.73. The SMILES string of the molecule is NN(c1ccccc1)C(C=O)c1ccccc1. The number of rotatable bonds is 4. The summed E-state index contributed by atoms with van der Waals surface area (Å²) in [7, 11) is 0. The topological polar surface area (TPSA) is 46.3 Å². The number of benzene rings is 2. The Bertz CT molecular complexity index is 470. The normalized spacial score (nSPS) is 11.8. The summed E-state index contributed by atoms with van der Waals surface area (Å²) in [5.41, 5.74) is 1.70. The molecule has 3 nitrogen and oxygen atoms in total. The number of hydrogen-bond acceptors (Lipinski definition) is 3. The van der Waals surface area contributed by atoms with E-state index in [1.807, 2.05) is 60.7 Å². The average molecular weight is 226 g/mol. The van der Waals surface area contributed by atoms with Crippen LogP contribution in [0.25, 0.3) is 0 Å². The lowest BCUT2D eigenvalue weighted by molar-refractivity contribution is -0.109. The summed E-state index contributed by atoms with van der Waals surface area (Å²) >= 11 is 0. The van der Waals surface area contributed by atoms with Gasteiger partial charge in [-0.3, -0.25) is 5.01 Å². The molecule has 2 N–H and O–H groups in total. The predicted molar refractivity (Wildman–Crippen MR) is 68.4 cm³/mol. The fourth-order valence-electron chi connectivity index (χ4n) is 1.72. The van der Waals surface area contributed by atoms with Crippen LogP contribution in [0.4, 0.5) is 5.69 Å². The lowest BCUT2D eigenvalue weighted by Gasteiger charge is -2.25. The van der Waals surface area contributed by atoms with Gasteiger partial charge in [0, 0.05) is 0 Å². The average Bonchev–Trinajstić information content (AvgIpc) is 2.42. The van der Waals surface area contributed by atoms with Crippen molar-refractivity contribution in [2.24, 2.45) is 5.84 Å². The molecule has 1 unspecified atom stereocenters. The van der Waals surface area contributed by atoms with Gasteiger partial charge in [-0.1, -0.05) is 48.5 Å². The molecule has 0 saturated carbocycles. The van der Waals surface area contributed by atoms with Crippen LogP contribution in [0.1, 0.15) is 11.6 Å². The summed E-state index contributed by atoms with van der Waals surface area (Å²) < 4.78 is 0. The minimum Gasteiger partial charge on any atom is -0.301 e. The van der Waals surface area contributed by atoms with Gasteiger partial charge >= 0.3 is 0 Å². The maximum Gasteiger partial charge on any atom is 0.148 e. The van der Waals surface area contributed by atoms with Crippen molar-refractivity contribution in [1.29, 1.82) is 0 Å².